The molecule has 13 heavy (non-hydrogen) atoms. The SMILES string of the molecule is O=C(CCS)NC1C=CS(=O)(=O)C1. The normalized spacial score (nSPS) is 24.5. The Kier molecular flexibility index (Phi) is 3.38. The van der Waals surface area contributed by atoms with Crippen molar-refractivity contribution >= 4 is 28.4 Å². The van der Waals surface area contributed by atoms with Gasteiger partial charge in [0.1, 0.15) is 0 Å². The molecule has 1 aliphatic heterocycles. The average Bonchev–Trinajstić information content (AvgIpc) is 2.30. The maximum atomic E-state index is 11.0. The summed E-state index contributed by atoms with van der Waals surface area (Å²) in [6.07, 6.45) is 1.80. The van der Waals surface area contributed by atoms with Gasteiger partial charge in [0, 0.05) is 11.8 Å². The lowest BCUT2D eigenvalue weighted by molar-refractivity contribution is -0.120. The maximum Gasteiger partial charge on any atom is 0.221 e. The lowest BCUT2D eigenvalue weighted by Crippen LogP contribution is -2.35. The molecule has 1 heterocycles. The minimum atomic E-state index is -3.07. The Labute approximate surface area is 82.7 Å². The largest absolute Gasteiger partial charge is 0.349 e. The van der Waals surface area contributed by atoms with E-state index < -0.39 is 9.84 Å². The molecule has 0 saturated carbocycles. The molecule has 0 fully saturated rings. The third-order valence-corrected chi connectivity index (χ3v) is 3.23. The topological polar surface area (TPSA) is 63.2 Å². The number of sulfone groups is 1. The summed E-state index contributed by atoms with van der Waals surface area (Å²) in [5.74, 6) is 0.280. The van der Waals surface area contributed by atoms with Crippen molar-refractivity contribution in [1.29, 1.82) is 0 Å². The maximum absolute atomic E-state index is 11.0. The van der Waals surface area contributed by atoms with Gasteiger partial charge in [-0.3, -0.25) is 4.79 Å². The molecule has 0 bridgehead atoms. The Bertz CT molecular complexity index is 321. The lowest BCUT2D eigenvalue weighted by atomic mass is 10.3. The highest BCUT2D eigenvalue weighted by molar-refractivity contribution is 7.94. The fourth-order valence-electron chi connectivity index (χ4n) is 1.05. The number of thiol groups is 1. The first-order valence-corrected chi connectivity index (χ1v) is 6.19. The molecule has 0 aromatic rings. The molecule has 0 aromatic heterocycles. The molecule has 0 aromatic carbocycles. The second-order valence-electron chi connectivity index (χ2n) is 2.81. The quantitative estimate of drug-likeness (QED) is 0.645. The van der Waals surface area contributed by atoms with Gasteiger partial charge in [-0.1, -0.05) is 0 Å². The van der Waals surface area contributed by atoms with E-state index in [1.807, 2.05) is 0 Å². The molecule has 4 nitrogen and oxygen atoms in total. The highest BCUT2D eigenvalue weighted by Crippen LogP contribution is 2.07. The van der Waals surface area contributed by atoms with Crippen LogP contribution in [0.5, 0.6) is 0 Å². The molecule has 1 atom stereocenters. The molecule has 1 aliphatic rings. The van der Waals surface area contributed by atoms with Crippen LogP contribution in [-0.2, 0) is 14.6 Å². The van der Waals surface area contributed by atoms with Crippen molar-refractivity contribution in [3.63, 3.8) is 0 Å². The molecule has 1 unspecified atom stereocenters. The van der Waals surface area contributed by atoms with Crippen LogP contribution < -0.4 is 5.32 Å². The highest BCUT2D eigenvalue weighted by Gasteiger charge is 2.22. The van der Waals surface area contributed by atoms with Crippen molar-refractivity contribution in [3.8, 4) is 0 Å². The zero-order valence-corrected chi connectivity index (χ0v) is 8.64. The van der Waals surface area contributed by atoms with Crippen molar-refractivity contribution in [2.24, 2.45) is 0 Å². The zero-order chi connectivity index (χ0) is 9.90. The summed E-state index contributed by atoms with van der Waals surface area (Å²) < 4.78 is 21.9. The molecule has 1 rings (SSSR count). The van der Waals surface area contributed by atoms with Crippen molar-refractivity contribution in [1.82, 2.24) is 5.32 Å². The molecule has 1 amide bonds. The van der Waals surface area contributed by atoms with Crippen molar-refractivity contribution < 1.29 is 13.2 Å². The summed E-state index contributed by atoms with van der Waals surface area (Å²) in [5, 5.41) is 3.72. The third kappa shape index (κ3) is 3.40. The van der Waals surface area contributed by atoms with Gasteiger partial charge in [0.15, 0.2) is 9.84 Å². The van der Waals surface area contributed by atoms with Gasteiger partial charge in [0.2, 0.25) is 5.91 Å². The van der Waals surface area contributed by atoms with Crippen molar-refractivity contribution in [2.45, 2.75) is 12.5 Å². The van der Waals surface area contributed by atoms with Crippen LogP contribution in [0.2, 0.25) is 0 Å². The zero-order valence-electron chi connectivity index (χ0n) is 6.93. The van der Waals surface area contributed by atoms with Crippen LogP contribution in [0.15, 0.2) is 11.5 Å². The fraction of sp³-hybridized carbons (Fsp3) is 0.571. The van der Waals surface area contributed by atoms with E-state index in [0.29, 0.717) is 12.2 Å². The van der Waals surface area contributed by atoms with Crippen LogP contribution in [0.1, 0.15) is 6.42 Å². The van der Waals surface area contributed by atoms with Gasteiger partial charge < -0.3 is 5.32 Å². The Morgan fingerprint density at radius 1 is 1.62 bits per heavy atom. The van der Waals surface area contributed by atoms with Crippen molar-refractivity contribution in [2.75, 3.05) is 11.5 Å². The highest BCUT2D eigenvalue weighted by atomic mass is 32.2. The van der Waals surface area contributed by atoms with E-state index in [1.165, 1.54) is 6.08 Å². The molecular weight excluding hydrogens is 210 g/mol. The minimum absolute atomic E-state index is 0.0225. The van der Waals surface area contributed by atoms with Crippen LogP contribution in [0, 0.1) is 0 Å². The summed E-state index contributed by atoms with van der Waals surface area (Å²) in [6.45, 7) is 0. The van der Waals surface area contributed by atoms with Gasteiger partial charge in [-0.15, -0.1) is 0 Å². The van der Waals surface area contributed by atoms with Gasteiger partial charge in [-0.2, -0.15) is 12.6 Å². The van der Waals surface area contributed by atoms with Gasteiger partial charge in [0.05, 0.1) is 11.8 Å². The summed E-state index contributed by atoms with van der Waals surface area (Å²) in [5.41, 5.74) is 0. The average molecular weight is 221 g/mol. The minimum Gasteiger partial charge on any atom is -0.349 e. The Balaban J connectivity index is 2.42. The third-order valence-electron chi connectivity index (χ3n) is 1.62. The first-order valence-electron chi connectivity index (χ1n) is 3.85. The number of hydrogen-bond acceptors (Lipinski definition) is 4. The molecule has 6 heteroatoms. The van der Waals surface area contributed by atoms with Gasteiger partial charge in [-0.25, -0.2) is 8.42 Å². The predicted molar refractivity (Wildman–Crippen MR) is 53.3 cm³/mol. The first-order chi connectivity index (χ1) is 6.03. The molecule has 1 N–H and O–H groups in total. The van der Waals surface area contributed by atoms with Gasteiger partial charge in [-0.05, 0) is 11.8 Å². The smallest absolute Gasteiger partial charge is 0.221 e. The number of nitrogens with one attached hydrogen (secondary N) is 1. The second kappa shape index (κ2) is 4.15. The van der Waals surface area contributed by atoms with Crippen molar-refractivity contribution in [3.05, 3.63) is 11.5 Å². The van der Waals surface area contributed by atoms with E-state index in [0.717, 1.165) is 5.41 Å². The summed E-state index contributed by atoms with van der Waals surface area (Å²) in [6, 6.07) is -0.364. The van der Waals surface area contributed by atoms with E-state index in [4.69, 9.17) is 0 Å². The van der Waals surface area contributed by atoms with Gasteiger partial charge >= 0.3 is 0 Å². The van der Waals surface area contributed by atoms with Crippen LogP contribution in [0.4, 0.5) is 0 Å². The second-order valence-corrected chi connectivity index (χ2v) is 5.18. The number of rotatable bonds is 3. The predicted octanol–water partition coefficient (Wildman–Crippen LogP) is -0.267. The summed E-state index contributed by atoms with van der Waals surface area (Å²) in [7, 11) is -3.07. The number of hydrogen-bond donors (Lipinski definition) is 2. The molecule has 0 radical (unpaired) electrons. The number of amides is 1. The van der Waals surface area contributed by atoms with Crippen LogP contribution >= 0.6 is 12.6 Å². The Morgan fingerprint density at radius 2 is 2.31 bits per heavy atom. The monoisotopic (exact) mass is 221 g/mol. The molecule has 0 spiro atoms. The summed E-state index contributed by atoms with van der Waals surface area (Å²) in [4.78, 5) is 11.0. The van der Waals surface area contributed by atoms with Gasteiger partial charge in [0.25, 0.3) is 0 Å². The molecule has 0 aliphatic carbocycles. The number of carbonyl (C=O) groups is 1. The molecule has 74 valence electrons. The first kappa shape index (κ1) is 10.6. The van der Waals surface area contributed by atoms with E-state index in [1.54, 1.807) is 0 Å². The molecular formula is C7H11NO3S2. The van der Waals surface area contributed by atoms with E-state index >= 15 is 0 Å². The Morgan fingerprint density at radius 3 is 2.77 bits per heavy atom. The standard InChI is InChI=1S/C7H11NO3S2/c9-7(1-3-12)8-6-2-4-13(10,11)5-6/h2,4,6,12H,1,3,5H2,(H,8,9). The van der Waals surface area contributed by atoms with E-state index in [9.17, 15) is 13.2 Å². The van der Waals surface area contributed by atoms with Crippen LogP contribution in [-0.4, -0.2) is 31.9 Å². The fourth-order valence-corrected chi connectivity index (χ4v) is 2.48. The van der Waals surface area contributed by atoms with E-state index in [-0.39, 0.29) is 17.7 Å². The lowest BCUT2D eigenvalue weighted by Gasteiger charge is -2.08. The van der Waals surface area contributed by atoms with E-state index in [2.05, 4.69) is 17.9 Å². The Hall–Kier alpha value is -0.490. The van der Waals surface area contributed by atoms with Crippen LogP contribution in [0.3, 0.4) is 0 Å². The van der Waals surface area contributed by atoms with Crippen LogP contribution in [0.25, 0.3) is 0 Å². The number of carbonyl (C=O) groups excluding carboxylic acids is 1. The molecule has 0 saturated heterocycles. The summed E-state index contributed by atoms with van der Waals surface area (Å²) >= 11 is 3.89.